The van der Waals surface area contributed by atoms with Crippen LogP contribution in [0.25, 0.3) is 22.6 Å². The van der Waals surface area contributed by atoms with Crippen LogP contribution in [0.15, 0.2) is 28.9 Å². The quantitative estimate of drug-likeness (QED) is 0.706. The first-order valence-electron chi connectivity index (χ1n) is 4.76. The molecule has 0 unspecified atom stereocenters. The molecule has 0 aliphatic rings. The maximum Gasteiger partial charge on any atom is 0.245 e. The number of halogens is 1. The van der Waals surface area contributed by atoms with Crippen LogP contribution in [0.1, 0.15) is 0 Å². The number of hydrogen-bond donors (Lipinski definition) is 1. The van der Waals surface area contributed by atoms with Crippen molar-refractivity contribution in [2.75, 3.05) is 5.73 Å². The van der Waals surface area contributed by atoms with Crippen molar-refractivity contribution in [1.82, 2.24) is 20.3 Å². The van der Waals surface area contributed by atoms with Gasteiger partial charge in [0.15, 0.2) is 5.82 Å². The Labute approximate surface area is 100 Å². The topological polar surface area (TPSA) is 90.7 Å². The molecule has 84 valence electrons. The van der Waals surface area contributed by atoms with Crippen LogP contribution in [0.5, 0.6) is 0 Å². The third-order valence-electron chi connectivity index (χ3n) is 2.26. The highest BCUT2D eigenvalue weighted by Crippen LogP contribution is 2.24. The summed E-state index contributed by atoms with van der Waals surface area (Å²) >= 11 is 5.81. The van der Waals surface area contributed by atoms with Gasteiger partial charge in [0.05, 0.1) is 0 Å². The van der Waals surface area contributed by atoms with Crippen LogP contribution < -0.4 is 5.73 Å². The van der Waals surface area contributed by atoms with Gasteiger partial charge in [0, 0.05) is 10.6 Å². The van der Waals surface area contributed by atoms with Crippen LogP contribution in [0.3, 0.4) is 0 Å². The molecule has 0 saturated heterocycles. The third kappa shape index (κ3) is 1.68. The van der Waals surface area contributed by atoms with Gasteiger partial charge >= 0.3 is 0 Å². The average Bonchev–Trinajstić information content (AvgIpc) is 2.76. The molecular weight excluding hydrogens is 242 g/mol. The van der Waals surface area contributed by atoms with Crippen molar-refractivity contribution in [2.45, 2.75) is 0 Å². The molecule has 2 heterocycles. The zero-order valence-corrected chi connectivity index (χ0v) is 9.22. The van der Waals surface area contributed by atoms with Crippen LogP contribution in [0.4, 0.5) is 5.82 Å². The molecule has 0 saturated carbocycles. The second-order valence-corrected chi connectivity index (χ2v) is 3.81. The molecule has 0 aliphatic heterocycles. The number of hydrogen-bond acceptors (Lipinski definition) is 6. The number of aromatic nitrogens is 4. The maximum atomic E-state index is 5.81. The van der Waals surface area contributed by atoms with Crippen molar-refractivity contribution in [2.24, 2.45) is 0 Å². The summed E-state index contributed by atoms with van der Waals surface area (Å²) in [5.74, 6) is 0.274. The van der Waals surface area contributed by atoms with E-state index in [1.54, 1.807) is 12.1 Å². The van der Waals surface area contributed by atoms with Crippen molar-refractivity contribution in [3.63, 3.8) is 0 Å². The first-order valence-corrected chi connectivity index (χ1v) is 5.13. The summed E-state index contributed by atoms with van der Waals surface area (Å²) in [5, 5.41) is 7.83. The summed E-state index contributed by atoms with van der Waals surface area (Å²) in [7, 11) is 0. The van der Waals surface area contributed by atoms with Gasteiger partial charge in [-0.1, -0.05) is 23.7 Å². The van der Waals surface area contributed by atoms with Crippen molar-refractivity contribution < 1.29 is 4.63 Å². The van der Waals surface area contributed by atoms with Gasteiger partial charge in [0.25, 0.3) is 0 Å². The van der Waals surface area contributed by atoms with Crippen LogP contribution in [0.2, 0.25) is 5.02 Å². The first kappa shape index (κ1) is 9.98. The smallest absolute Gasteiger partial charge is 0.245 e. The second-order valence-electron chi connectivity index (χ2n) is 3.38. The highest BCUT2D eigenvalue weighted by Gasteiger charge is 2.11. The molecule has 17 heavy (non-hydrogen) atoms. The molecular formula is C10H6ClN5O. The number of anilines is 1. The summed E-state index contributed by atoms with van der Waals surface area (Å²) in [6.45, 7) is 0. The minimum absolute atomic E-state index is 0.274. The van der Waals surface area contributed by atoms with E-state index in [-0.39, 0.29) is 5.82 Å². The lowest BCUT2D eigenvalue weighted by molar-refractivity contribution is 0.314. The lowest BCUT2D eigenvalue weighted by Crippen LogP contribution is -1.98. The summed E-state index contributed by atoms with van der Waals surface area (Å²) < 4.78 is 4.53. The fourth-order valence-electron chi connectivity index (χ4n) is 1.47. The van der Waals surface area contributed by atoms with E-state index < -0.39 is 0 Å². The molecule has 3 rings (SSSR count). The average molecular weight is 248 g/mol. The van der Waals surface area contributed by atoms with Gasteiger partial charge in [-0.05, 0) is 22.4 Å². The summed E-state index contributed by atoms with van der Waals surface area (Å²) in [6.07, 6.45) is 0. The summed E-state index contributed by atoms with van der Waals surface area (Å²) in [4.78, 5) is 8.29. The van der Waals surface area contributed by atoms with E-state index in [2.05, 4.69) is 24.9 Å². The zero-order valence-electron chi connectivity index (χ0n) is 8.46. The van der Waals surface area contributed by atoms with Gasteiger partial charge in [-0.2, -0.15) is 0 Å². The molecule has 0 spiro atoms. The summed E-state index contributed by atoms with van der Waals surface area (Å²) in [5.41, 5.74) is 7.76. The van der Waals surface area contributed by atoms with Gasteiger partial charge in [-0.15, -0.1) is 0 Å². The normalized spacial score (nSPS) is 10.9. The van der Waals surface area contributed by atoms with Gasteiger partial charge in [0.1, 0.15) is 5.69 Å². The third-order valence-corrected chi connectivity index (χ3v) is 2.51. The molecule has 0 atom stereocenters. The predicted molar refractivity (Wildman–Crippen MR) is 62.3 cm³/mol. The Morgan fingerprint density at radius 2 is 1.65 bits per heavy atom. The first-order chi connectivity index (χ1) is 8.24. The number of benzene rings is 1. The SMILES string of the molecule is Nc1nc2nonc2nc1-c1ccc(Cl)cc1. The van der Waals surface area contributed by atoms with E-state index in [1.165, 1.54) is 0 Å². The number of nitrogen functional groups attached to an aromatic ring is 1. The monoisotopic (exact) mass is 247 g/mol. The van der Waals surface area contributed by atoms with Crippen molar-refractivity contribution >= 4 is 28.7 Å². The highest BCUT2D eigenvalue weighted by molar-refractivity contribution is 6.30. The van der Waals surface area contributed by atoms with E-state index in [0.717, 1.165) is 5.56 Å². The molecule has 0 amide bonds. The molecule has 0 radical (unpaired) electrons. The number of fused-ring (bicyclic) bond motifs is 1. The molecule has 0 fully saturated rings. The standard InChI is InChI=1S/C10H6ClN5O/c11-6-3-1-5(2-4-6)7-8(12)14-10-9(13-7)15-17-16-10/h1-4H,(H2,12,14,16). The molecule has 0 aliphatic carbocycles. The number of rotatable bonds is 1. The molecule has 2 N–H and O–H groups in total. The van der Waals surface area contributed by atoms with Gasteiger partial charge < -0.3 is 5.73 Å². The van der Waals surface area contributed by atoms with Gasteiger partial charge in [0.2, 0.25) is 11.3 Å². The lowest BCUT2D eigenvalue weighted by Gasteiger charge is -2.02. The second kappa shape index (κ2) is 3.67. The Kier molecular flexibility index (Phi) is 2.15. The Bertz CT molecular complexity index is 679. The Hall–Kier alpha value is -2.21. The molecule has 3 aromatic rings. The largest absolute Gasteiger partial charge is 0.382 e. The summed E-state index contributed by atoms with van der Waals surface area (Å²) in [6, 6.07) is 7.12. The lowest BCUT2D eigenvalue weighted by atomic mass is 10.1. The zero-order chi connectivity index (χ0) is 11.8. The predicted octanol–water partition coefficient (Wildman–Crippen LogP) is 1.92. The molecule has 0 bridgehead atoms. The number of nitrogens with two attached hydrogens (primary N) is 1. The Balaban J connectivity index is 2.21. The minimum Gasteiger partial charge on any atom is -0.382 e. The van der Waals surface area contributed by atoms with E-state index in [0.29, 0.717) is 22.0 Å². The fraction of sp³-hybridized carbons (Fsp3) is 0. The fourth-order valence-corrected chi connectivity index (χ4v) is 1.60. The Morgan fingerprint density at radius 3 is 2.35 bits per heavy atom. The maximum absolute atomic E-state index is 5.81. The van der Waals surface area contributed by atoms with Gasteiger partial charge in [-0.3, -0.25) is 0 Å². The number of nitrogens with zero attached hydrogens (tertiary/aromatic N) is 4. The van der Waals surface area contributed by atoms with Crippen LogP contribution in [0, 0.1) is 0 Å². The minimum atomic E-state index is 0.274. The van der Waals surface area contributed by atoms with E-state index in [9.17, 15) is 0 Å². The van der Waals surface area contributed by atoms with E-state index in [4.69, 9.17) is 17.3 Å². The van der Waals surface area contributed by atoms with E-state index >= 15 is 0 Å². The Morgan fingerprint density at radius 1 is 1.00 bits per heavy atom. The van der Waals surface area contributed by atoms with Crippen molar-refractivity contribution in [3.05, 3.63) is 29.3 Å². The molecule has 1 aromatic carbocycles. The van der Waals surface area contributed by atoms with Crippen molar-refractivity contribution in [3.8, 4) is 11.3 Å². The molecule has 7 heteroatoms. The highest BCUT2D eigenvalue weighted by atomic mass is 35.5. The van der Waals surface area contributed by atoms with Gasteiger partial charge in [-0.25, -0.2) is 14.6 Å². The van der Waals surface area contributed by atoms with E-state index in [1.807, 2.05) is 12.1 Å². The molecule has 2 aromatic heterocycles. The van der Waals surface area contributed by atoms with Crippen LogP contribution in [-0.4, -0.2) is 20.3 Å². The molecule has 6 nitrogen and oxygen atoms in total. The van der Waals surface area contributed by atoms with Crippen LogP contribution >= 0.6 is 11.6 Å². The van der Waals surface area contributed by atoms with Crippen LogP contribution in [-0.2, 0) is 0 Å². The van der Waals surface area contributed by atoms with Crippen molar-refractivity contribution in [1.29, 1.82) is 0 Å².